The van der Waals surface area contributed by atoms with Gasteiger partial charge in [0.25, 0.3) is 0 Å². The molecule has 1 aromatic carbocycles. The predicted molar refractivity (Wildman–Crippen MR) is 76.2 cm³/mol. The molecule has 1 N–H and O–H groups in total. The fourth-order valence-corrected chi connectivity index (χ4v) is 2.83. The zero-order chi connectivity index (χ0) is 16.1. The van der Waals surface area contributed by atoms with Crippen molar-refractivity contribution in [3.63, 3.8) is 0 Å². The minimum absolute atomic E-state index is 0.0522. The van der Waals surface area contributed by atoms with E-state index in [9.17, 15) is 18.4 Å². The highest BCUT2D eigenvalue weighted by molar-refractivity contribution is 5.78. The molecule has 1 fully saturated rings. The molecule has 6 heteroatoms. The molecule has 1 heterocycles. The van der Waals surface area contributed by atoms with E-state index in [1.807, 2.05) is 0 Å². The zero-order valence-electron chi connectivity index (χ0n) is 12.2. The van der Waals surface area contributed by atoms with Gasteiger partial charge in [0.15, 0.2) is 11.6 Å². The van der Waals surface area contributed by atoms with Crippen LogP contribution in [0.3, 0.4) is 0 Å². The highest BCUT2D eigenvalue weighted by Gasteiger charge is 2.23. The largest absolute Gasteiger partial charge is 0.481 e. The van der Waals surface area contributed by atoms with Crippen LogP contribution < -0.4 is 0 Å². The molecule has 120 valence electrons. The third-order valence-electron chi connectivity index (χ3n) is 4.04. The van der Waals surface area contributed by atoms with Gasteiger partial charge in [-0.25, -0.2) is 8.78 Å². The van der Waals surface area contributed by atoms with Crippen molar-refractivity contribution in [1.29, 1.82) is 0 Å². The number of hydrogen-bond donors (Lipinski definition) is 1. The van der Waals surface area contributed by atoms with Crippen LogP contribution in [-0.2, 0) is 16.0 Å². The van der Waals surface area contributed by atoms with Crippen molar-refractivity contribution in [3.05, 3.63) is 35.4 Å². The van der Waals surface area contributed by atoms with Crippen LogP contribution in [0.4, 0.5) is 8.78 Å². The normalized spacial score (nSPS) is 18.8. The van der Waals surface area contributed by atoms with E-state index in [-0.39, 0.29) is 30.2 Å². The van der Waals surface area contributed by atoms with Crippen molar-refractivity contribution >= 4 is 11.9 Å². The summed E-state index contributed by atoms with van der Waals surface area (Å²) in [5.41, 5.74) is 0.0522. The van der Waals surface area contributed by atoms with E-state index in [4.69, 9.17) is 5.11 Å². The van der Waals surface area contributed by atoms with Gasteiger partial charge in [0.1, 0.15) is 0 Å². The van der Waals surface area contributed by atoms with Gasteiger partial charge in [0.05, 0.1) is 6.42 Å². The van der Waals surface area contributed by atoms with Crippen molar-refractivity contribution in [2.24, 2.45) is 5.92 Å². The Hall–Kier alpha value is -1.98. The molecule has 1 atom stereocenters. The van der Waals surface area contributed by atoms with Gasteiger partial charge in [0, 0.05) is 25.1 Å². The first kappa shape index (κ1) is 16.4. The number of carbonyl (C=O) groups excluding carboxylic acids is 1. The van der Waals surface area contributed by atoms with Crippen LogP contribution in [0.25, 0.3) is 0 Å². The Bertz CT molecular complexity index is 562. The van der Waals surface area contributed by atoms with E-state index in [1.54, 1.807) is 4.90 Å². The number of rotatable bonds is 4. The summed E-state index contributed by atoms with van der Waals surface area (Å²) in [6, 6.07) is 3.81. The maximum atomic E-state index is 13.6. The Balaban J connectivity index is 1.95. The molecule has 2 rings (SSSR count). The minimum Gasteiger partial charge on any atom is -0.481 e. The Kier molecular flexibility index (Phi) is 5.46. The standard InChI is InChI=1S/C16H19F2NO3/c17-13-5-1-4-12(16(13)18)10-14(20)19-7-2-3-11(6-8-19)9-15(21)22/h1,4-5,11H,2-3,6-10H2,(H,21,22)/t11-/m0/s1. The van der Waals surface area contributed by atoms with Gasteiger partial charge in [0.2, 0.25) is 5.91 Å². The van der Waals surface area contributed by atoms with E-state index >= 15 is 0 Å². The molecule has 1 saturated heterocycles. The molecule has 1 aromatic rings. The van der Waals surface area contributed by atoms with Crippen LogP contribution in [0, 0.1) is 17.6 Å². The molecule has 1 aliphatic heterocycles. The summed E-state index contributed by atoms with van der Waals surface area (Å²) in [6.07, 6.45) is 2.07. The third kappa shape index (κ3) is 4.26. The topological polar surface area (TPSA) is 57.6 Å². The molecule has 0 bridgehead atoms. The number of aliphatic carboxylic acids is 1. The number of halogens is 2. The van der Waals surface area contributed by atoms with Crippen LogP contribution in [0.2, 0.25) is 0 Å². The summed E-state index contributed by atoms with van der Waals surface area (Å²) >= 11 is 0. The number of nitrogens with zero attached hydrogens (tertiary/aromatic N) is 1. The summed E-state index contributed by atoms with van der Waals surface area (Å²) in [6.45, 7) is 1.000. The number of carboxylic acid groups (broad SMARTS) is 1. The molecule has 1 amide bonds. The molecule has 0 aromatic heterocycles. The summed E-state index contributed by atoms with van der Waals surface area (Å²) in [5, 5.41) is 8.83. The summed E-state index contributed by atoms with van der Waals surface area (Å²) in [4.78, 5) is 24.6. The lowest BCUT2D eigenvalue weighted by molar-refractivity contribution is -0.138. The Morgan fingerprint density at radius 1 is 1.23 bits per heavy atom. The van der Waals surface area contributed by atoms with Gasteiger partial charge in [-0.1, -0.05) is 12.1 Å². The molecule has 0 aliphatic carbocycles. The van der Waals surface area contributed by atoms with Crippen LogP contribution >= 0.6 is 0 Å². The van der Waals surface area contributed by atoms with Gasteiger partial charge in [-0.15, -0.1) is 0 Å². The smallest absolute Gasteiger partial charge is 0.303 e. The molecule has 4 nitrogen and oxygen atoms in total. The first-order chi connectivity index (χ1) is 10.5. The molecular weight excluding hydrogens is 292 g/mol. The fraction of sp³-hybridized carbons (Fsp3) is 0.500. The highest BCUT2D eigenvalue weighted by atomic mass is 19.2. The number of amides is 1. The van der Waals surface area contributed by atoms with Gasteiger partial charge in [-0.3, -0.25) is 9.59 Å². The lowest BCUT2D eigenvalue weighted by atomic mass is 9.97. The number of benzene rings is 1. The minimum atomic E-state index is -0.977. The number of likely N-dealkylation sites (tertiary alicyclic amines) is 1. The van der Waals surface area contributed by atoms with E-state index in [2.05, 4.69) is 0 Å². The molecule has 22 heavy (non-hydrogen) atoms. The van der Waals surface area contributed by atoms with Gasteiger partial charge >= 0.3 is 5.97 Å². The number of hydrogen-bond acceptors (Lipinski definition) is 2. The van der Waals surface area contributed by atoms with E-state index < -0.39 is 17.6 Å². The monoisotopic (exact) mass is 311 g/mol. The second-order valence-electron chi connectivity index (χ2n) is 5.67. The average Bonchev–Trinajstić information content (AvgIpc) is 2.69. The first-order valence-electron chi connectivity index (χ1n) is 7.40. The van der Waals surface area contributed by atoms with Crippen molar-refractivity contribution < 1.29 is 23.5 Å². The molecular formula is C16H19F2NO3. The molecule has 0 saturated carbocycles. The number of carboxylic acids is 1. The van der Waals surface area contributed by atoms with Crippen molar-refractivity contribution in [3.8, 4) is 0 Å². The second-order valence-corrected chi connectivity index (χ2v) is 5.67. The lowest BCUT2D eigenvalue weighted by Crippen LogP contribution is -2.33. The zero-order valence-corrected chi connectivity index (χ0v) is 12.2. The second kappa shape index (κ2) is 7.33. The van der Waals surface area contributed by atoms with Gasteiger partial charge < -0.3 is 10.0 Å². The van der Waals surface area contributed by atoms with E-state index in [1.165, 1.54) is 12.1 Å². The van der Waals surface area contributed by atoms with E-state index in [0.29, 0.717) is 19.5 Å². The van der Waals surface area contributed by atoms with Crippen LogP contribution in [0.1, 0.15) is 31.2 Å². The molecule has 0 unspecified atom stereocenters. The quantitative estimate of drug-likeness (QED) is 0.930. The molecule has 1 aliphatic rings. The third-order valence-corrected chi connectivity index (χ3v) is 4.04. The average molecular weight is 311 g/mol. The van der Waals surface area contributed by atoms with Crippen molar-refractivity contribution in [2.75, 3.05) is 13.1 Å². The van der Waals surface area contributed by atoms with Crippen LogP contribution in [-0.4, -0.2) is 35.0 Å². The van der Waals surface area contributed by atoms with Crippen molar-refractivity contribution in [1.82, 2.24) is 4.90 Å². The Labute approximate surface area is 127 Å². The lowest BCUT2D eigenvalue weighted by Gasteiger charge is -2.20. The Morgan fingerprint density at radius 3 is 2.73 bits per heavy atom. The van der Waals surface area contributed by atoms with Crippen LogP contribution in [0.5, 0.6) is 0 Å². The van der Waals surface area contributed by atoms with Crippen molar-refractivity contribution in [2.45, 2.75) is 32.1 Å². The fourth-order valence-electron chi connectivity index (χ4n) is 2.83. The summed E-state index contributed by atoms with van der Waals surface area (Å²) in [7, 11) is 0. The summed E-state index contributed by atoms with van der Waals surface area (Å²) in [5.74, 6) is -2.94. The Morgan fingerprint density at radius 2 is 2.00 bits per heavy atom. The molecule has 0 radical (unpaired) electrons. The maximum absolute atomic E-state index is 13.6. The van der Waals surface area contributed by atoms with Gasteiger partial charge in [-0.2, -0.15) is 0 Å². The number of carbonyl (C=O) groups is 2. The molecule has 0 spiro atoms. The van der Waals surface area contributed by atoms with E-state index in [0.717, 1.165) is 18.9 Å². The van der Waals surface area contributed by atoms with Crippen LogP contribution in [0.15, 0.2) is 18.2 Å². The predicted octanol–water partition coefficient (Wildman–Crippen LogP) is 2.61. The highest BCUT2D eigenvalue weighted by Crippen LogP contribution is 2.21. The first-order valence-corrected chi connectivity index (χ1v) is 7.40. The maximum Gasteiger partial charge on any atom is 0.303 e. The summed E-state index contributed by atoms with van der Waals surface area (Å²) < 4.78 is 26.8. The SMILES string of the molecule is O=C(O)C[C@H]1CCCN(C(=O)Cc2cccc(F)c2F)CC1. The van der Waals surface area contributed by atoms with Gasteiger partial charge in [-0.05, 0) is 31.2 Å².